The Kier molecular flexibility index (Phi) is 3.83. The summed E-state index contributed by atoms with van der Waals surface area (Å²) in [5, 5.41) is 0.704. The number of fused-ring (bicyclic) bond motifs is 1. The Balaban J connectivity index is 2.00. The number of carbonyl (C=O) groups is 1. The van der Waals surface area contributed by atoms with E-state index in [1.807, 2.05) is 14.0 Å². The van der Waals surface area contributed by atoms with Crippen LogP contribution in [0.4, 0.5) is 4.39 Å². The van der Waals surface area contributed by atoms with Crippen molar-refractivity contribution in [3.8, 4) is 0 Å². The summed E-state index contributed by atoms with van der Waals surface area (Å²) in [7, 11) is 3.91. The van der Waals surface area contributed by atoms with Gasteiger partial charge in [0.1, 0.15) is 5.82 Å². The topological polar surface area (TPSA) is 36.4 Å². The number of hydrogen-bond acceptors (Lipinski definition) is 3. The second-order valence-corrected chi connectivity index (χ2v) is 6.09. The first kappa shape index (κ1) is 14.9. The number of nitrogens with zero attached hydrogens (tertiary/aromatic N) is 3. The molecule has 2 aromatic rings. The van der Waals surface area contributed by atoms with E-state index >= 15 is 0 Å². The van der Waals surface area contributed by atoms with Gasteiger partial charge in [-0.25, -0.2) is 4.39 Å². The molecular formula is C17H20FN3O. The molecule has 0 aliphatic carbocycles. The lowest BCUT2D eigenvalue weighted by atomic mass is 10.1. The number of aryl methyl sites for hydroxylation is 1. The third-order valence-electron chi connectivity index (χ3n) is 4.36. The molecule has 116 valence electrons. The van der Waals surface area contributed by atoms with Gasteiger partial charge in [0.05, 0.1) is 11.1 Å². The minimum atomic E-state index is -0.338. The fourth-order valence-corrected chi connectivity index (χ4v) is 3.09. The smallest absolute Gasteiger partial charge is 0.254 e. The van der Waals surface area contributed by atoms with E-state index in [1.165, 1.54) is 12.1 Å². The van der Waals surface area contributed by atoms with Crippen molar-refractivity contribution in [2.75, 3.05) is 27.2 Å². The van der Waals surface area contributed by atoms with Crippen molar-refractivity contribution in [2.45, 2.75) is 19.4 Å². The predicted octanol–water partition coefficient (Wildman–Crippen LogP) is 2.46. The van der Waals surface area contributed by atoms with Crippen molar-refractivity contribution >= 4 is 16.8 Å². The van der Waals surface area contributed by atoms with Crippen LogP contribution in [0.1, 0.15) is 22.5 Å². The van der Waals surface area contributed by atoms with Crippen LogP contribution >= 0.6 is 0 Å². The fourth-order valence-electron chi connectivity index (χ4n) is 3.09. The molecule has 4 nitrogen and oxygen atoms in total. The van der Waals surface area contributed by atoms with E-state index in [0.717, 1.165) is 25.2 Å². The number of hydrogen-bond donors (Lipinski definition) is 0. The maximum Gasteiger partial charge on any atom is 0.254 e. The van der Waals surface area contributed by atoms with Gasteiger partial charge in [0.25, 0.3) is 5.91 Å². The zero-order valence-corrected chi connectivity index (χ0v) is 13.1. The molecule has 1 saturated heterocycles. The van der Waals surface area contributed by atoms with Crippen LogP contribution in [0.3, 0.4) is 0 Å². The third kappa shape index (κ3) is 2.68. The maximum absolute atomic E-state index is 13.4. The SMILES string of the molecule is Cc1cc(C(=O)N(C)[C@H]2CCN(C)C2)c2ccc(F)cc2n1. The Hall–Kier alpha value is -2.01. The van der Waals surface area contributed by atoms with E-state index < -0.39 is 0 Å². The molecule has 0 saturated carbocycles. The Morgan fingerprint density at radius 3 is 2.86 bits per heavy atom. The van der Waals surface area contributed by atoms with Crippen molar-refractivity contribution in [1.29, 1.82) is 0 Å². The van der Waals surface area contributed by atoms with Gasteiger partial charge in [0.15, 0.2) is 0 Å². The summed E-state index contributed by atoms with van der Waals surface area (Å²) in [5.41, 5.74) is 1.85. The van der Waals surface area contributed by atoms with Gasteiger partial charge >= 0.3 is 0 Å². The van der Waals surface area contributed by atoms with Crippen molar-refractivity contribution < 1.29 is 9.18 Å². The highest BCUT2D eigenvalue weighted by atomic mass is 19.1. The Morgan fingerprint density at radius 2 is 2.18 bits per heavy atom. The average molecular weight is 301 g/mol. The van der Waals surface area contributed by atoms with Gasteiger partial charge in [-0.3, -0.25) is 9.78 Å². The third-order valence-corrected chi connectivity index (χ3v) is 4.36. The van der Waals surface area contributed by atoms with Crippen LogP contribution < -0.4 is 0 Å². The maximum atomic E-state index is 13.4. The zero-order valence-electron chi connectivity index (χ0n) is 13.1. The number of aromatic nitrogens is 1. The summed E-state index contributed by atoms with van der Waals surface area (Å²) >= 11 is 0. The van der Waals surface area contributed by atoms with Crippen LogP contribution in [0.25, 0.3) is 10.9 Å². The molecule has 0 unspecified atom stereocenters. The first-order valence-electron chi connectivity index (χ1n) is 7.48. The molecule has 0 bridgehead atoms. The number of likely N-dealkylation sites (N-methyl/N-ethyl adjacent to an activating group) is 2. The van der Waals surface area contributed by atoms with Crippen LogP contribution in [0.5, 0.6) is 0 Å². The lowest BCUT2D eigenvalue weighted by molar-refractivity contribution is 0.0739. The highest BCUT2D eigenvalue weighted by Crippen LogP contribution is 2.23. The van der Waals surface area contributed by atoms with Gasteiger partial charge in [-0.05, 0) is 45.1 Å². The van der Waals surface area contributed by atoms with Gasteiger partial charge in [0.2, 0.25) is 0 Å². The van der Waals surface area contributed by atoms with Crippen molar-refractivity contribution in [1.82, 2.24) is 14.8 Å². The standard InChI is InChI=1S/C17H20FN3O/c1-11-8-15(14-5-4-12(18)9-16(14)19-11)17(22)21(3)13-6-7-20(2)10-13/h4-5,8-9,13H,6-7,10H2,1-3H3/t13-/m0/s1. The molecule has 1 aliphatic heterocycles. The molecular weight excluding hydrogens is 281 g/mol. The van der Waals surface area contributed by atoms with E-state index in [9.17, 15) is 9.18 Å². The van der Waals surface area contributed by atoms with E-state index in [1.54, 1.807) is 17.0 Å². The number of carbonyl (C=O) groups excluding carboxylic acids is 1. The number of likely N-dealkylation sites (tertiary alicyclic amines) is 1. The van der Waals surface area contributed by atoms with Gasteiger partial charge in [-0.2, -0.15) is 0 Å². The normalized spacial score (nSPS) is 18.8. The molecule has 1 fully saturated rings. The number of pyridine rings is 1. The lowest BCUT2D eigenvalue weighted by Gasteiger charge is -2.25. The number of amides is 1. The van der Waals surface area contributed by atoms with Crippen LogP contribution in [-0.4, -0.2) is 53.9 Å². The molecule has 0 N–H and O–H groups in total. The van der Waals surface area contributed by atoms with Gasteiger partial charge in [-0.1, -0.05) is 0 Å². The van der Waals surface area contributed by atoms with Crippen molar-refractivity contribution in [3.63, 3.8) is 0 Å². The summed E-state index contributed by atoms with van der Waals surface area (Å²) in [6.45, 7) is 3.72. The number of rotatable bonds is 2. The monoisotopic (exact) mass is 301 g/mol. The van der Waals surface area contributed by atoms with Crippen LogP contribution in [0.2, 0.25) is 0 Å². The Morgan fingerprint density at radius 1 is 1.41 bits per heavy atom. The molecule has 1 atom stereocenters. The van der Waals surface area contributed by atoms with E-state index in [2.05, 4.69) is 16.9 Å². The predicted molar refractivity (Wildman–Crippen MR) is 84.4 cm³/mol. The summed E-state index contributed by atoms with van der Waals surface area (Å²) in [5.74, 6) is -0.364. The molecule has 3 rings (SSSR count). The second kappa shape index (κ2) is 5.65. The molecule has 1 aromatic heterocycles. The Labute approximate surface area is 129 Å². The minimum Gasteiger partial charge on any atom is -0.337 e. The van der Waals surface area contributed by atoms with E-state index in [-0.39, 0.29) is 17.8 Å². The fraction of sp³-hybridized carbons (Fsp3) is 0.412. The molecule has 0 radical (unpaired) electrons. The highest BCUT2D eigenvalue weighted by Gasteiger charge is 2.28. The highest BCUT2D eigenvalue weighted by molar-refractivity contribution is 6.06. The quantitative estimate of drug-likeness (QED) is 0.855. The number of benzene rings is 1. The Bertz CT molecular complexity index is 726. The molecule has 22 heavy (non-hydrogen) atoms. The van der Waals surface area contributed by atoms with Crippen LogP contribution in [-0.2, 0) is 0 Å². The largest absolute Gasteiger partial charge is 0.337 e. The van der Waals surface area contributed by atoms with Crippen LogP contribution in [0.15, 0.2) is 24.3 Å². The average Bonchev–Trinajstić information content (AvgIpc) is 2.91. The number of halogens is 1. The zero-order chi connectivity index (χ0) is 15.9. The van der Waals surface area contributed by atoms with Crippen LogP contribution in [0, 0.1) is 12.7 Å². The molecule has 0 spiro atoms. The minimum absolute atomic E-state index is 0.0255. The molecule has 2 heterocycles. The summed E-state index contributed by atoms with van der Waals surface area (Å²) in [6.07, 6.45) is 0.982. The summed E-state index contributed by atoms with van der Waals surface area (Å²) in [6, 6.07) is 6.40. The van der Waals surface area contributed by atoms with Gasteiger partial charge in [0, 0.05) is 36.8 Å². The first-order valence-corrected chi connectivity index (χ1v) is 7.48. The van der Waals surface area contributed by atoms with E-state index in [0.29, 0.717) is 16.5 Å². The van der Waals surface area contributed by atoms with Gasteiger partial charge in [-0.15, -0.1) is 0 Å². The molecule has 1 aromatic carbocycles. The van der Waals surface area contributed by atoms with Crippen molar-refractivity contribution in [3.05, 3.63) is 41.3 Å². The van der Waals surface area contributed by atoms with Gasteiger partial charge < -0.3 is 9.80 Å². The molecule has 5 heteroatoms. The lowest BCUT2D eigenvalue weighted by Crippen LogP contribution is -2.38. The summed E-state index contributed by atoms with van der Waals surface area (Å²) < 4.78 is 13.4. The van der Waals surface area contributed by atoms with E-state index in [4.69, 9.17) is 0 Å². The second-order valence-electron chi connectivity index (χ2n) is 6.09. The summed E-state index contributed by atoms with van der Waals surface area (Å²) in [4.78, 5) is 21.2. The first-order chi connectivity index (χ1) is 10.5. The van der Waals surface area contributed by atoms with Crippen molar-refractivity contribution in [2.24, 2.45) is 0 Å². The molecule has 1 amide bonds. The molecule has 1 aliphatic rings.